The Morgan fingerprint density at radius 2 is 1.86 bits per heavy atom. The third-order valence-electron chi connectivity index (χ3n) is 6.51. The third-order valence-corrected chi connectivity index (χ3v) is 6.51. The predicted octanol–water partition coefficient (Wildman–Crippen LogP) is 5.17. The second-order valence-electron chi connectivity index (χ2n) is 9.13. The topological polar surface area (TPSA) is 118 Å². The van der Waals surface area contributed by atoms with Crippen LogP contribution in [0.15, 0.2) is 79.0 Å². The lowest BCUT2D eigenvalue weighted by Gasteiger charge is -2.22. The number of fused-ring (bicyclic) bond motifs is 10. The number of aromatic nitrogens is 1. The van der Waals surface area contributed by atoms with Gasteiger partial charge in [0, 0.05) is 35.9 Å². The van der Waals surface area contributed by atoms with Gasteiger partial charge in [0.2, 0.25) is 5.91 Å². The number of hydrogen-bond donors (Lipinski definition) is 4. The van der Waals surface area contributed by atoms with E-state index in [1.807, 2.05) is 73.7 Å². The van der Waals surface area contributed by atoms with Crippen molar-refractivity contribution in [1.82, 2.24) is 10.3 Å². The molecular formula is C29H29N5O3. The average molecular weight is 496 g/mol. The lowest BCUT2D eigenvalue weighted by molar-refractivity contribution is -0.122. The van der Waals surface area contributed by atoms with Gasteiger partial charge in [-0.1, -0.05) is 43.3 Å². The molecule has 6 rings (SSSR count). The summed E-state index contributed by atoms with van der Waals surface area (Å²) in [5, 5.41) is 11.0. The number of amides is 2. The van der Waals surface area contributed by atoms with E-state index in [0.717, 1.165) is 33.2 Å². The molecule has 2 amide bonds. The first-order valence-corrected chi connectivity index (χ1v) is 12.3. The second kappa shape index (κ2) is 10.6. The Bertz CT molecular complexity index is 1440. The van der Waals surface area contributed by atoms with Gasteiger partial charge >= 0.3 is 6.09 Å². The highest BCUT2D eigenvalue weighted by atomic mass is 16.6. The number of benzene rings is 3. The molecule has 5 N–H and O–H groups in total. The fraction of sp³-hybridized carbons (Fsp3) is 0.207. The Kier molecular flexibility index (Phi) is 6.89. The van der Waals surface area contributed by atoms with E-state index in [0.29, 0.717) is 30.9 Å². The number of nitrogens with one attached hydrogen (secondary N) is 3. The SMILES string of the molecule is CCC1Cc2ccc(cc2)C(Nc2ccc3c(N)nccc3c2)C(=O)NCc2cccc(c2)NC(=O)O1. The maximum atomic E-state index is 13.5. The molecule has 4 bridgehead atoms. The number of nitrogens with zero attached hydrogens (tertiary/aromatic N) is 1. The summed E-state index contributed by atoms with van der Waals surface area (Å²) < 4.78 is 5.67. The van der Waals surface area contributed by atoms with Crippen molar-refractivity contribution in [2.75, 3.05) is 16.4 Å². The molecule has 0 radical (unpaired) electrons. The number of rotatable bonds is 3. The third kappa shape index (κ3) is 5.64. The van der Waals surface area contributed by atoms with E-state index in [2.05, 4.69) is 20.9 Å². The summed E-state index contributed by atoms with van der Waals surface area (Å²) in [6, 6.07) is 22.2. The molecule has 8 heteroatoms. The highest BCUT2D eigenvalue weighted by molar-refractivity contribution is 5.94. The van der Waals surface area contributed by atoms with Crippen molar-refractivity contribution < 1.29 is 14.3 Å². The zero-order chi connectivity index (χ0) is 25.8. The van der Waals surface area contributed by atoms with Crippen molar-refractivity contribution in [3.63, 3.8) is 0 Å². The lowest BCUT2D eigenvalue weighted by Crippen LogP contribution is -2.33. The quantitative estimate of drug-likeness (QED) is 0.311. The molecule has 2 aliphatic heterocycles. The first kappa shape index (κ1) is 24.1. The van der Waals surface area contributed by atoms with E-state index in [1.54, 1.807) is 12.3 Å². The molecule has 1 aromatic heterocycles. The summed E-state index contributed by atoms with van der Waals surface area (Å²) in [7, 11) is 0. The van der Waals surface area contributed by atoms with Crippen LogP contribution >= 0.6 is 0 Å². The number of anilines is 3. The molecule has 4 aromatic rings. The largest absolute Gasteiger partial charge is 0.446 e. The molecular weight excluding hydrogens is 466 g/mol. The lowest BCUT2D eigenvalue weighted by atomic mass is 10.00. The summed E-state index contributed by atoms with van der Waals surface area (Å²) >= 11 is 0. The summed E-state index contributed by atoms with van der Waals surface area (Å²) in [5.41, 5.74) is 10.1. The van der Waals surface area contributed by atoms with E-state index < -0.39 is 12.1 Å². The molecule has 3 heterocycles. The molecule has 8 nitrogen and oxygen atoms in total. The van der Waals surface area contributed by atoms with Gasteiger partial charge in [-0.2, -0.15) is 0 Å². The molecule has 37 heavy (non-hydrogen) atoms. The number of carbonyl (C=O) groups excluding carboxylic acids is 2. The first-order valence-electron chi connectivity index (χ1n) is 12.3. The Morgan fingerprint density at radius 1 is 1.03 bits per heavy atom. The minimum Gasteiger partial charge on any atom is -0.446 e. The molecule has 0 spiro atoms. The summed E-state index contributed by atoms with van der Waals surface area (Å²) in [4.78, 5) is 30.1. The summed E-state index contributed by atoms with van der Waals surface area (Å²) in [6.45, 7) is 2.29. The van der Waals surface area contributed by atoms with E-state index >= 15 is 0 Å². The second-order valence-corrected chi connectivity index (χ2v) is 9.13. The molecule has 2 aliphatic rings. The molecule has 0 saturated carbocycles. The van der Waals surface area contributed by atoms with Crippen molar-refractivity contribution in [2.24, 2.45) is 0 Å². The van der Waals surface area contributed by atoms with Crippen LogP contribution in [-0.4, -0.2) is 23.1 Å². The minimum atomic E-state index is -0.625. The van der Waals surface area contributed by atoms with Gasteiger partial charge in [-0.05, 0) is 64.9 Å². The number of carbonyl (C=O) groups is 2. The van der Waals surface area contributed by atoms with Crippen molar-refractivity contribution in [2.45, 2.75) is 38.5 Å². The maximum absolute atomic E-state index is 13.5. The normalized spacial score (nSPS) is 18.1. The van der Waals surface area contributed by atoms with Gasteiger partial charge in [0.1, 0.15) is 18.0 Å². The van der Waals surface area contributed by atoms with Crippen LogP contribution in [0, 0.1) is 0 Å². The van der Waals surface area contributed by atoms with Crippen LogP contribution in [-0.2, 0) is 22.5 Å². The number of hydrogen-bond acceptors (Lipinski definition) is 6. The van der Waals surface area contributed by atoms with E-state index in [4.69, 9.17) is 10.5 Å². The van der Waals surface area contributed by atoms with Crippen molar-refractivity contribution >= 4 is 40.0 Å². The van der Waals surface area contributed by atoms with Crippen LogP contribution in [0.5, 0.6) is 0 Å². The van der Waals surface area contributed by atoms with Crippen LogP contribution in [0.25, 0.3) is 10.8 Å². The molecule has 2 unspecified atom stereocenters. The van der Waals surface area contributed by atoms with Crippen LogP contribution in [0.4, 0.5) is 22.0 Å². The number of ether oxygens (including phenoxy) is 1. The van der Waals surface area contributed by atoms with E-state index in [9.17, 15) is 9.59 Å². The zero-order valence-corrected chi connectivity index (χ0v) is 20.5. The van der Waals surface area contributed by atoms with E-state index in [1.165, 1.54) is 0 Å². The van der Waals surface area contributed by atoms with Gasteiger partial charge in [-0.15, -0.1) is 0 Å². The monoisotopic (exact) mass is 495 g/mol. The standard InChI is InChI=1S/C29H29N5O3/c1-2-24-15-18-6-8-20(9-7-18)26(33-23-10-11-25-21(16-23)12-13-31-27(25)30)28(35)32-17-19-4-3-5-22(14-19)34-29(36)37-24/h3-14,16,24,26,33H,2,15,17H2,1H3,(H2,30,31)(H,32,35)(H,34,36). The van der Waals surface area contributed by atoms with Crippen LogP contribution < -0.4 is 21.7 Å². The van der Waals surface area contributed by atoms with Gasteiger partial charge in [0.05, 0.1) is 0 Å². The molecule has 3 aromatic carbocycles. The number of nitrogen functional groups attached to an aromatic ring is 1. The van der Waals surface area contributed by atoms with Gasteiger partial charge in [-0.25, -0.2) is 9.78 Å². The number of nitrogens with two attached hydrogens (primary N) is 1. The smallest absolute Gasteiger partial charge is 0.411 e. The molecule has 0 fully saturated rings. The van der Waals surface area contributed by atoms with Crippen molar-refractivity contribution in [3.8, 4) is 0 Å². The maximum Gasteiger partial charge on any atom is 0.411 e. The fourth-order valence-electron chi connectivity index (χ4n) is 4.49. The van der Waals surface area contributed by atoms with Crippen molar-refractivity contribution in [3.05, 3.63) is 95.7 Å². The highest BCUT2D eigenvalue weighted by Gasteiger charge is 2.22. The van der Waals surface area contributed by atoms with Gasteiger partial charge < -0.3 is 21.1 Å². The molecule has 0 saturated heterocycles. The van der Waals surface area contributed by atoms with Crippen LogP contribution in [0.1, 0.15) is 36.1 Å². The molecule has 2 atom stereocenters. The van der Waals surface area contributed by atoms with Gasteiger partial charge in [0.15, 0.2) is 0 Å². The van der Waals surface area contributed by atoms with Gasteiger partial charge in [-0.3, -0.25) is 10.1 Å². The Balaban J connectivity index is 1.48. The minimum absolute atomic E-state index is 0.168. The predicted molar refractivity (Wildman–Crippen MR) is 145 cm³/mol. The van der Waals surface area contributed by atoms with Crippen LogP contribution in [0.2, 0.25) is 0 Å². The Morgan fingerprint density at radius 3 is 2.68 bits per heavy atom. The van der Waals surface area contributed by atoms with Gasteiger partial charge in [0.25, 0.3) is 0 Å². The van der Waals surface area contributed by atoms with Crippen molar-refractivity contribution in [1.29, 1.82) is 0 Å². The molecule has 0 aliphatic carbocycles. The van der Waals surface area contributed by atoms with Crippen LogP contribution in [0.3, 0.4) is 0 Å². The molecule has 188 valence electrons. The van der Waals surface area contributed by atoms with E-state index in [-0.39, 0.29) is 12.0 Å². The Hall–Kier alpha value is -4.59. The summed E-state index contributed by atoms with van der Waals surface area (Å²) in [6.07, 6.45) is 2.18. The number of pyridine rings is 1. The summed E-state index contributed by atoms with van der Waals surface area (Å²) in [5.74, 6) is 0.299. The zero-order valence-electron chi connectivity index (χ0n) is 20.5. The fourth-order valence-corrected chi connectivity index (χ4v) is 4.49. The Labute approximate surface area is 215 Å². The average Bonchev–Trinajstić information content (AvgIpc) is 2.90. The first-order chi connectivity index (χ1) is 18.0. The highest BCUT2D eigenvalue weighted by Crippen LogP contribution is 2.27.